The van der Waals surface area contributed by atoms with E-state index in [1.807, 2.05) is 0 Å². The van der Waals surface area contributed by atoms with E-state index < -0.39 is 0 Å². The third-order valence-corrected chi connectivity index (χ3v) is 6.86. The van der Waals surface area contributed by atoms with Crippen molar-refractivity contribution in [1.29, 1.82) is 0 Å². The molecule has 0 aliphatic carbocycles. The van der Waals surface area contributed by atoms with E-state index in [-0.39, 0.29) is 0 Å². The van der Waals surface area contributed by atoms with Gasteiger partial charge in [-0.15, -0.1) is 0 Å². The van der Waals surface area contributed by atoms with E-state index in [0.717, 1.165) is 51.7 Å². The molecule has 23 heavy (non-hydrogen) atoms. The highest BCUT2D eigenvalue weighted by atomic mass is 127. The number of likely N-dealkylation sites (tertiary alicyclic amines) is 1. The van der Waals surface area contributed by atoms with Gasteiger partial charge in [0.05, 0.1) is 0 Å². The molecular formula is C17H31IN4O. The number of rotatable bonds is 3. The molecule has 0 aromatic rings. The van der Waals surface area contributed by atoms with Crippen LogP contribution >= 0.6 is 22.9 Å². The lowest BCUT2D eigenvalue weighted by molar-refractivity contribution is -0.134. The van der Waals surface area contributed by atoms with Crippen LogP contribution in [0.2, 0.25) is 0 Å². The van der Waals surface area contributed by atoms with Gasteiger partial charge in [0, 0.05) is 74.6 Å². The molecule has 3 rings (SSSR count). The molecule has 3 aliphatic rings. The maximum atomic E-state index is 12.6. The van der Waals surface area contributed by atoms with Gasteiger partial charge >= 0.3 is 0 Å². The Morgan fingerprint density at radius 2 is 1.52 bits per heavy atom. The Balaban J connectivity index is 1.39. The summed E-state index contributed by atoms with van der Waals surface area (Å²) in [6.45, 7) is 8.76. The first-order valence-electron chi connectivity index (χ1n) is 9.23. The molecule has 0 bridgehead atoms. The molecule has 0 aromatic heterocycles. The molecule has 1 amide bonds. The Bertz CT molecular complexity index is 384. The van der Waals surface area contributed by atoms with Crippen LogP contribution in [0.1, 0.15) is 32.1 Å². The van der Waals surface area contributed by atoms with Crippen molar-refractivity contribution in [2.45, 2.75) is 38.1 Å². The fourth-order valence-electron chi connectivity index (χ4n) is 4.18. The zero-order valence-corrected chi connectivity index (χ0v) is 16.6. The quantitative estimate of drug-likeness (QED) is 0.500. The van der Waals surface area contributed by atoms with Gasteiger partial charge in [0.15, 0.2) is 0 Å². The van der Waals surface area contributed by atoms with Crippen LogP contribution in [0.4, 0.5) is 0 Å². The predicted molar refractivity (Wildman–Crippen MR) is 102 cm³/mol. The van der Waals surface area contributed by atoms with Crippen LogP contribution < -0.4 is 0 Å². The van der Waals surface area contributed by atoms with E-state index in [0.29, 0.717) is 11.8 Å². The number of nitrogens with zero attached hydrogens (tertiary/aromatic N) is 4. The molecule has 0 aromatic carbocycles. The number of piperidine rings is 2. The van der Waals surface area contributed by atoms with Gasteiger partial charge in [-0.2, -0.15) is 0 Å². The molecule has 3 saturated heterocycles. The number of hydrogen-bond donors (Lipinski definition) is 0. The van der Waals surface area contributed by atoms with Crippen LogP contribution in [0.3, 0.4) is 0 Å². The van der Waals surface area contributed by atoms with E-state index in [4.69, 9.17) is 0 Å². The Morgan fingerprint density at radius 3 is 2.13 bits per heavy atom. The van der Waals surface area contributed by atoms with E-state index in [1.54, 1.807) is 0 Å². The van der Waals surface area contributed by atoms with Gasteiger partial charge < -0.3 is 9.80 Å². The van der Waals surface area contributed by atoms with Gasteiger partial charge in [0.25, 0.3) is 0 Å². The molecule has 0 unspecified atom stereocenters. The number of piperazine rings is 1. The standard InChI is InChI=1S/C17H31IN4O/c1-19-6-4-16(5-7-19)20-10-12-21(13-11-20)17(23)14-15-2-8-22(18)9-3-15/h15-16H,2-14H2,1H3. The van der Waals surface area contributed by atoms with Crippen molar-refractivity contribution in [3.05, 3.63) is 0 Å². The van der Waals surface area contributed by atoms with Gasteiger partial charge in [-0.3, -0.25) is 9.69 Å². The van der Waals surface area contributed by atoms with Gasteiger partial charge in [-0.1, -0.05) is 0 Å². The Morgan fingerprint density at radius 1 is 0.913 bits per heavy atom. The second kappa shape index (κ2) is 8.45. The topological polar surface area (TPSA) is 30.0 Å². The third-order valence-electron chi connectivity index (χ3n) is 5.89. The molecule has 3 aliphatic heterocycles. The Kier molecular flexibility index (Phi) is 6.57. The highest BCUT2D eigenvalue weighted by molar-refractivity contribution is 14.1. The maximum Gasteiger partial charge on any atom is 0.222 e. The molecule has 6 heteroatoms. The minimum absolute atomic E-state index is 0.403. The highest BCUT2D eigenvalue weighted by Gasteiger charge is 2.29. The smallest absolute Gasteiger partial charge is 0.222 e. The molecule has 3 fully saturated rings. The van der Waals surface area contributed by atoms with Gasteiger partial charge in [0.2, 0.25) is 5.91 Å². The molecule has 0 radical (unpaired) electrons. The number of amides is 1. The second-order valence-electron chi connectivity index (χ2n) is 7.51. The van der Waals surface area contributed by atoms with Crippen molar-refractivity contribution < 1.29 is 4.79 Å². The van der Waals surface area contributed by atoms with E-state index in [2.05, 4.69) is 47.7 Å². The molecular weight excluding hydrogens is 403 g/mol. The predicted octanol–water partition coefficient (Wildman–Crippen LogP) is 1.68. The number of carbonyl (C=O) groups is 1. The SMILES string of the molecule is CN1CCC(N2CCN(C(=O)CC3CCN(I)CC3)CC2)CC1. The first-order chi connectivity index (χ1) is 11.1. The van der Waals surface area contributed by atoms with Crippen molar-refractivity contribution in [3.8, 4) is 0 Å². The van der Waals surface area contributed by atoms with Crippen molar-refractivity contribution in [1.82, 2.24) is 17.8 Å². The fraction of sp³-hybridized carbons (Fsp3) is 0.941. The normalized spacial score (nSPS) is 27.5. The van der Waals surface area contributed by atoms with Gasteiger partial charge in [0.1, 0.15) is 0 Å². The summed E-state index contributed by atoms with van der Waals surface area (Å²) in [7, 11) is 2.22. The summed E-state index contributed by atoms with van der Waals surface area (Å²) < 4.78 is 2.35. The first kappa shape index (κ1) is 17.9. The number of halogens is 1. The number of hydrogen-bond acceptors (Lipinski definition) is 4. The maximum absolute atomic E-state index is 12.6. The zero-order chi connectivity index (χ0) is 16.2. The molecule has 0 N–H and O–H groups in total. The van der Waals surface area contributed by atoms with E-state index in [9.17, 15) is 4.79 Å². The van der Waals surface area contributed by atoms with Gasteiger partial charge in [-0.25, -0.2) is 3.11 Å². The largest absolute Gasteiger partial charge is 0.340 e. The minimum atomic E-state index is 0.403. The van der Waals surface area contributed by atoms with Crippen molar-refractivity contribution >= 4 is 28.8 Å². The molecule has 0 spiro atoms. The van der Waals surface area contributed by atoms with Crippen LogP contribution in [-0.4, -0.2) is 89.2 Å². The molecule has 132 valence electrons. The van der Waals surface area contributed by atoms with Crippen LogP contribution in [0.15, 0.2) is 0 Å². The van der Waals surface area contributed by atoms with Crippen LogP contribution in [0.25, 0.3) is 0 Å². The van der Waals surface area contributed by atoms with Gasteiger partial charge in [-0.05, 0) is 51.7 Å². The first-order valence-corrected chi connectivity index (χ1v) is 10.2. The van der Waals surface area contributed by atoms with Crippen LogP contribution in [0, 0.1) is 5.92 Å². The molecule has 0 saturated carbocycles. The summed E-state index contributed by atoms with van der Waals surface area (Å²) in [6.07, 6.45) is 5.73. The van der Waals surface area contributed by atoms with Crippen LogP contribution in [0.5, 0.6) is 0 Å². The molecule has 0 atom stereocenters. The Hall–Kier alpha value is 0.0800. The molecule has 3 heterocycles. The fourth-order valence-corrected chi connectivity index (χ4v) is 4.74. The second-order valence-corrected chi connectivity index (χ2v) is 8.87. The van der Waals surface area contributed by atoms with Crippen molar-refractivity contribution in [2.24, 2.45) is 5.92 Å². The summed E-state index contributed by atoms with van der Waals surface area (Å²) in [5.41, 5.74) is 0. The Labute approximate surface area is 154 Å². The average Bonchev–Trinajstić information content (AvgIpc) is 2.58. The summed E-state index contributed by atoms with van der Waals surface area (Å²) in [5, 5.41) is 0. The monoisotopic (exact) mass is 434 g/mol. The third kappa shape index (κ3) is 5.03. The summed E-state index contributed by atoms with van der Waals surface area (Å²) in [4.78, 5) is 19.7. The lowest BCUT2D eigenvalue weighted by Gasteiger charge is -2.42. The van der Waals surface area contributed by atoms with E-state index in [1.165, 1.54) is 38.8 Å². The van der Waals surface area contributed by atoms with Crippen LogP contribution in [-0.2, 0) is 4.79 Å². The lowest BCUT2D eigenvalue weighted by atomic mass is 9.94. The summed E-state index contributed by atoms with van der Waals surface area (Å²) in [5.74, 6) is 1.01. The minimum Gasteiger partial charge on any atom is -0.340 e. The zero-order valence-electron chi connectivity index (χ0n) is 14.4. The molecule has 5 nitrogen and oxygen atoms in total. The number of carbonyl (C=O) groups excluding carboxylic acids is 1. The lowest BCUT2D eigenvalue weighted by Crippen LogP contribution is -2.54. The van der Waals surface area contributed by atoms with Crippen molar-refractivity contribution in [3.63, 3.8) is 0 Å². The summed E-state index contributed by atoms with van der Waals surface area (Å²) in [6, 6.07) is 0.747. The van der Waals surface area contributed by atoms with E-state index >= 15 is 0 Å². The average molecular weight is 434 g/mol. The van der Waals surface area contributed by atoms with Crippen molar-refractivity contribution in [2.75, 3.05) is 59.4 Å². The highest BCUT2D eigenvalue weighted by Crippen LogP contribution is 2.24. The summed E-state index contributed by atoms with van der Waals surface area (Å²) >= 11 is 2.40.